The molecule has 6 nitrogen and oxygen atoms in total. The molecule has 2 saturated heterocycles. The minimum absolute atomic E-state index is 0.291. The van der Waals surface area contributed by atoms with E-state index in [9.17, 15) is 0 Å². The highest BCUT2D eigenvalue weighted by atomic mass is 35.5. The number of ether oxygens (including phenoxy) is 1. The van der Waals surface area contributed by atoms with E-state index in [1.54, 1.807) is 11.8 Å². The second-order valence-corrected chi connectivity index (χ2v) is 9.81. The summed E-state index contributed by atoms with van der Waals surface area (Å²) in [6.45, 7) is 5.62. The van der Waals surface area contributed by atoms with Crippen molar-refractivity contribution in [3.63, 3.8) is 0 Å². The van der Waals surface area contributed by atoms with Gasteiger partial charge >= 0.3 is 0 Å². The maximum absolute atomic E-state index is 6.32. The Kier molecular flexibility index (Phi) is 6.69. The molecular weight excluding hydrogens is 444 g/mol. The van der Waals surface area contributed by atoms with Gasteiger partial charge in [-0.2, -0.15) is 0 Å². The smallest absolute Gasteiger partial charge is 0.199 e. The van der Waals surface area contributed by atoms with Crippen LogP contribution in [0.15, 0.2) is 57.0 Å². The maximum Gasteiger partial charge on any atom is 0.199 e. The zero-order valence-corrected chi connectivity index (χ0v) is 19.7. The number of piperazine rings is 1. The number of oxazole rings is 1. The molecule has 0 unspecified atom stereocenters. The van der Waals surface area contributed by atoms with Crippen LogP contribution in [0.4, 0.5) is 5.82 Å². The van der Waals surface area contributed by atoms with Crippen molar-refractivity contribution in [1.29, 1.82) is 0 Å². The number of hydrogen-bond donors (Lipinski definition) is 0. The molecule has 0 amide bonds. The third kappa shape index (κ3) is 4.96. The quantitative estimate of drug-likeness (QED) is 0.508. The Bertz CT molecular complexity index is 1030. The molecule has 1 aromatic carbocycles. The van der Waals surface area contributed by atoms with Crippen LogP contribution in [0.3, 0.4) is 0 Å². The SMILES string of the molecule is CN1CCN(c2ccc(-c3nc(C4CCOCC4)oc3Sc3ccc(Cl)cc3)cn2)CC1. The minimum atomic E-state index is 0.291. The van der Waals surface area contributed by atoms with Crippen molar-refractivity contribution in [3.8, 4) is 11.3 Å². The first kappa shape index (κ1) is 21.8. The molecule has 0 N–H and O–H groups in total. The van der Waals surface area contributed by atoms with E-state index in [2.05, 4.69) is 29.0 Å². The molecule has 0 bridgehead atoms. The summed E-state index contributed by atoms with van der Waals surface area (Å²) in [4.78, 5) is 15.4. The lowest BCUT2D eigenvalue weighted by Gasteiger charge is -2.33. The van der Waals surface area contributed by atoms with Crippen LogP contribution in [0.5, 0.6) is 0 Å². The summed E-state index contributed by atoms with van der Waals surface area (Å²) >= 11 is 7.63. The van der Waals surface area contributed by atoms with Gasteiger partial charge < -0.3 is 19.0 Å². The summed E-state index contributed by atoms with van der Waals surface area (Å²) in [7, 11) is 2.16. The molecule has 0 atom stereocenters. The Morgan fingerprint density at radius 2 is 1.75 bits per heavy atom. The lowest BCUT2D eigenvalue weighted by Crippen LogP contribution is -2.44. The molecule has 8 heteroatoms. The van der Waals surface area contributed by atoms with E-state index in [1.807, 2.05) is 30.5 Å². The van der Waals surface area contributed by atoms with E-state index in [1.165, 1.54) is 0 Å². The Labute approximate surface area is 197 Å². The van der Waals surface area contributed by atoms with Crippen molar-refractivity contribution >= 4 is 29.2 Å². The fraction of sp³-hybridized carbons (Fsp3) is 0.417. The number of benzene rings is 1. The molecule has 2 fully saturated rings. The number of nitrogens with zero attached hydrogens (tertiary/aromatic N) is 4. The predicted octanol–water partition coefficient (Wildman–Crippen LogP) is 5.19. The molecule has 32 heavy (non-hydrogen) atoms. The van der Waals surface area contributed by atoms with Crippen LogP contribution < -0.4 is 4.90 Å². The molecule has 3 aromatic rings. The van der Waals surface area contributed by atoms with Crippen LogP contribution in [0, 0.1) is 0 Å². The standard InChI is InChI=1S/C24H27ClN4O2S/c1-28-10-12-29(13-11-28)21-7-2-18(16-26-21)22-24(32-20-5-3-19(25)4-6-20)31-23(27-22)17-8-14-30-15-9-17/h2-7,16-17H,8-15H2,1H3. The van der Waals surface area contributed by atoms with Gasteiger partial charge in [0.15, 0.2) is 11.0 Å². The number of hydrogen-bond acceptors (Lipinski definition) is 7. The third-order valence-electron chi connectivity index (χ3n) is 6.06. The molecule has 0 saturated carbocycles. The second-order valence-electron chi connectivity index (χ2n) is 8.33. The van der Waals surface area contributed by atoms with E-state index in [0.717, 1.165) is 90.2 Å². The average molecular weight is 471 g/mol. The number of pyridine rings is 1. The van der Waals surface area contributed by atoms with Crippen LogP contribution in [0.25, 0.3) is 11.3 Å². The van der Waals surface area contributed by atoms with Crippen LogP contribution in [-0.2, 0) is 4.74 Å². The molecule has 2 aliphatic heterocycles. The van der Waals surface area contributed by atoms with E-state index >= 15 is 0 Å². The summed E-state index contributed by atoms with van der Waals surface area (Å²) in [5, 5.41) is 1.52. The largest absolute Gasteiger partial charge is 0.433 e. The van der Waals surface area contributed by atoms with Gasteiger partial charge in [0.1, 0.15) is 11.5 Å². The Morgan fingerprint density at radius 1 is 1.00 bits per heavy atom. The van der Waals surface area contributed by atoms with Gasteiger partial charge in [0.05, 0.1) is 0 Å². The molecular formula is C24H27ClN4O2S. The number of likely N-dealkylation sites (N-methyl/N-ethyl adjacent to an activating group) is 1. The summed E-state index contributed by atoms with van der Waals surface area (Å²) < 4.78 is 11.8. The Hall–Kier alpha value is -2.06. The molecule has 4 heterocycles. The van der Waals surface area contributed by atoms with E-state index < -0.39 is 0 Å². The van der Waals surface area contributed by atoms with Gasteiger partial charge in [-0.3, -0.25) is 0 Å². The first-order valence-electron chi connectivity index (χ1n) is 11.1. The number of rotatable bonds is 5. The molecule has 168 valence electrons. The molecule has 0 aliphatic carbocycles. The third-order valence-corrected chi connectivity index (χ3v) is 7.28. The number of halogens is 1. The van der Waals surface area contributed by atoms with Crippen LogP contribution >= 0.6 is 23.4 Å². The van der Waals surface area contributed by atoms with Crippen molar-refractivity contribution < 1.29 is 9.15 Å². The highest BCUT2D eigenvalue weighted by Crippen LogP contribution is 2.40. The van der Waals surface area contributed by atoms with Crippen LogP contribution in [0.1, 0.15) is 24.7 Å². The van der Waals surface area contributed by atoms with E-state index in [0.29, 0.717) is 5.92 Å². The Morgan fingerprint density at radius 3 is 2.44 bits per heavy atom. The van der Waals surface area contributed by atoms with Gasteiger partial charge in [0.25, 0.3) is 0 Å². The number of anilines is 1. The molecule has 0 radical (unpaired) electrons. The summed E-state index contributed by atoms with van der Waals surface area (Å²) in [5.74, 6) is 2.10. The Balaban J connectivity index is 1.43. The zero-order chi connectivity index (χ0) is 21.9. The topological polar surface area (TPSA) is 54.6 Å². The van der Waals surface area contributed by atoms with Gasteiger partial charge in [-0.25, -0.2) is 9.97 Å². The molecule has 0 spiro atoms. The van der Waals surface area contributed by atoms with Crippen molar-refractivity contribution in [2.45, 2.75) is 28.7 Å². The predicted molar refractivity (Wildman–Crippen MR) is 128 cm³/mol. The lowest BCUT2D eigenvalue weighted by molar-refractivity contribution is 0.0786. The van der Waals surface area contributed by atoms with Gasteiger partial charge in [0, 0.05) is 67.0 Å². The first-order valence-corrected chi connectivity index (χ1v) is 12.3. The normalized spacial score (nSPS) is 18.2. The highest BCUT2D eigenvalue weighted by molar-refractivity contribution is 7.99. The maximum atomic E-state index is 6.32. The van der Waals surface area contributed by atoms with E-state index in [4.69, 9.17) is 30.7 Å². The van der Waals surface area contributed by atoms with Gasteiger partial charge in [0.2, 0.25) is 0 Å². The van der Waals surface area contributed by atoms with Crippen molar-refractivity contribution in [1.82, 2.24) is 14.9 Å². The lowest BCUT2D eigenvalue weighted by atomic mass is 10.0. The van der Waals surface area contributed by atoms with Crippen molar-refractivity contribution in [2.75, 3.05) is 51.3 Å². The highest BCUT2D eigenvalue weighted by Gasteiger charge is 2.25. The summed E-state index contributed by atoms with van der Waals surface area (Å²) in [6.07, 6.45) is 3.79. The van der Waals surface area contributed by atoms with E-state index in [-0.39, 0.29) is 0 Å². The average Bonchev–Trinajstić information content (AvgIpc) is 3.25. The van der Waals surface area contributed by atoms with Crippen molar-refractivity contribution in [2.24, 2.45) is 0 Å². The van der Waals surface area contributed by atoms with Gasteiger partial charge in [-0.05, 0) is 68.0 Å². The zero-order valence-electron chi connectivity index (χ0n) is 18.2. The summed E-state index contributed by atoms with van der Waals surface area (Å²) in [5.41, 5.74) is 1.82. The molecule has 2 aromatic heterocycles. The molecule has 2 aliphatic rings. The monoisotopic (exact) mass is 470 g/mol. The van der Waals surface area contributed by atoms with Crippen LogP contribution in [0.2, 0.25) is 5.02 Å². The van der Waals surface area contributed by atoms with Crippen LogP contribution in [-0.4, -0.2) is 61.3 Å². The van der Waals surface area contributed by atoms with Crippen molar-refractivity contribution in [3.05, 3.63) is 53.5 Å². The fourth-order valence-electron chi connectivity index (χ4n) is 4.05. The summed E-state index contributed by atoms with van der Waals surface area (Å²) in [6, 6.07) is 12.0. The van der Waals surface area contributed by atoms with Gasteiger partial charge in [-0.15, -0.1) is 0 Å². The first-order chi connectivity index (χ1) is 15.7. The van der Waals surface area contributed by atoms with Gasteiger partial charge in [-0.1, -0.05) is 11.6 Å². The fourth-order valence-corrected chi connectivity index (χ4v) is 5.05. The molecule has 5 rings (SSSR count). The minimum Gasteiger partial charge on any atom is -0.433 e. The number of aromatic nitrogens is 2. The second kappa shape index (κ2) is 9.83.